The fourth-order valence-electron chi connectivity index (χ4n) is 3.15. The Morgan fingerprint density at radius 2 is 1.54 bits per heavy atom. The van der Waals surface area contributed by atoms with Gasteiger partial charge in [-0.1, -0.05) is 54.6 Å². The van der Waals surface area contributed by atoms with Crippen molar-refractivity contribution in [3.63, 3.8) is 0 Å². The summed E-state index contributed by atoms with van der Waals surface area (Å²) >= 11 is 0. The van der Waals surface area contributed by atoms with E-state index in [9.17, 15) is 4.79 Å². The highest BCUT2D eigenvalue weighted by atomic mass is 16.5. The molecule has 1 N–H and O–H groups in total. The van der Waals surface area contributed by atoms with Gasteiger partial charge in [-0.15, -0.1) is 0 Å². The third kappa shape index (κ3) is 4.78. The van der Waals surface area contributed by atoms with Crippen LogP contribution in [0.2, 0.25) is 0 Å². The summed E-state index contributed by atoms with van der Waals surface area (Å²) in [6, 6.07) is 21.3. The monoisotopic (exact) mass is 376 g/mol. The molecule has 144 valence electrons. The number of carbonyl (C=O) groups is 1. The van der Waals surface area contributed by atoms with Gasteiger partial charge in [-0.3, -0.25) is 0 Å². The molecular weight excluding hydrogens is 352 g/mol. The summed E-state index contributed by atoms with van der Waals surface area (Å²) in [6.07, 6.45) is 0. The number of hydrogen-bond acceptors (Lipinski definition) is 4. The normalized spacial score (nSPS) is 10.5. The predicted molar refractivity (Wildman–Crippen MR) is 109 cm³/mol. The fraction of sp³-hybridized carbons (Fsp3) is 0.208. The molecule has 0 saturated carbocycles. The summed E-state index contributed by atoms with van der Waals surface area (Å²) in [6.45, 7) is 4.37. The standard InChI is InChI=1S/C24H24O4/c1-17-14-21(20-8-10-22(11-9-20)27-13-12-25)15-18(2)23(17)24(26)28-16-19-6-4-3-5-7-19/h3-11,14-15,25H,12-13,16H2,1-2H3. The van der Waals surface area contributed by atoms with Crippen LogP contribution in [0.5, 0.6) is 5.75 Å². The molecule has 0 unspecified atom stereocenters. The van der Waals surface area contributed by atoms with Gasteiger partial charge >= 0.3 is 5.97 Å². The number of aliphatic hydroxyl groups excluding tert-OH is 1. The molecule has 0 saturated heterocycles. The molecule has 4 heteroatoms. The van der Waals surface area contributed by atoms with Crippen LogP contribution in [-0.4, -0.2) is 24.3 Å². The lowest BCUT2D eigenvalue weighted by Crippen LogP contribution is -2.09. The Kier molecular flexibility index (Phi) is 6.45. The van der Waals surface area contributed by atoms with Gasteiger partial charge in [0.25, 0.3) is 0 Å². The zero-order valence-corrected chi connectivity index (χ0v) is 16.1. The third-order valence-electron chi connectivity index (χ3n) is 4.50. The minimum absolute atomic E-state index is 0.0119. The van der Waals surface area contributed by atoms with E-state index in [-0.39, 0.29) is 25.8 Å². The van der Waals surface area contributed by atoms with E-state index >= 15 is 0 Å². The number of hydrogen-bond donors (Lipinski definition) is 1. The van der Waals surface area contributed by atoms with Gasteiger partial charge in [0.05, 0.1) is 12.2 Å². The van der Waals surface area contributed by atoms with Crippen molar-refractivity contribution in [2.75, 3.05) is 13.2 Å². The van der Waals surface area contributed by atoms with Crippen molar-refractivity contribution in [2.45, 2.75) is 20.5 Å². The minimum Gasteiger partial charge on any atom is -0.491 e. The van der Waals surface area contributed by atoms with Gasteiger partial charge in [0.2, 0.25) is 0 Å². The number of carbonyl (C=O) groups excluding carboxylic acids is 1. The SMILES string of the molecule is Cc1cc(-c2ccc(OCCO)cc2)cc(C)c1C(=O)OCc1ccccc1. The number of aliphatic hydroxyl groups is 1. The number of aryl methyl sites for hydroxylation is 2. The zero-order chi connectivity index (χ0) is 19.9. The van der Waals surface area contributed by atoms with Crippen LogP contribution in [0.4, 0.5) is 0 Å². The first kappa shape index (κ1) is 19.6. The van der Waals surface area contributed by atoms with E-state index in [0.29, 0.717) is 11.3 Å². The first-order valence-corrected chi connectivity index (χ1v) is 9.25. The lowest BCUT2D eigenvalue weighted by Gasteiger charge is -2.13. The predicted octanol–water partition coefficient (Wildman–Crippen LogP) is 4.70. The van der Waals surface area contributed by atoms with Crippen LogP contribution in [0.15, 0.2) is 66.7 Å². The fourth-order valence-corrected chi connectivity index (χ4v) is 3.15. The second-order valence-electron chi connectivity index (χ2n) is 6.64. The van der Waals surface area contributed by atoms with Crippen LogP contribution < -0.4 is 4.74 Å². The first-order valence-electron chi connectivity index (χ1n) is 9.25. The van der Waals surface area contributed by atoms with Crippen LogP contribution in [0.1, 0.15) is 27.0 Å². The Bertz CT molecular complexity index is 908. The summed E-state index contributed by atoms with van der Waals surface area (Å²) in [7, 11) is 0. The molecule has 0 bridgehead atoms. The zero-order valence-electron chi connectivity index (χ0n) is 16.1. The summed E-state index contributed by atoms with van der Waals surface area (Å²) < 4.78 is 10.9. The molecular formula is C24H24O4. The minimum atomic E-state index is -0.307. The molecule has 0 aromatic heterocycles. The Labute approximate surface area is 165 Å². The Hall–Kier alpha value is -3.11. The van der Waals surface area contributed by atoms with Gasteiger partial charge in [-0.05, 0) is 53.8 Å². The van der Waals surface area contributed by atoms with E-state index in [1.165, 1.54) is 0 Å². The number of ether oxygens (including phenoxy) is 2. The topological polar surface area (TPSA) is 55.8 Å². The maximum absolute atomic E-state index is 12.6. The van der Waals surface area contributed by atoms with Crippen molar-refractivity contribution in [3.05, 3.63) is 89.0 Å². The quantitative estimate of drug-likeness (QED) is 0.608. The van der Waals surface area contributed by atoms with Crippen molar-refractivity contribution in [1.29, 1.82) is 0 Å². The first-order chi connectivity index (χ1) is 13.6. The van der Waals surface area contributed by atoms with E-state index in [1.54, 1.807) is 0 Å². The second-order valence-corrected chi connectivity index (χ2v) is 6.64. The maximum Gasteiger partial charge on any atom is 0.339 e. The van der Waals surface area contributed by atoms with E-state index in [4.69, 9.17) is 14.6 Å². The molecule has 0 radical (unpaired) electrons. The van der Waals surface area contributed by atoms with Crippen LogP contribution >= 0.6 is 0 Å². The number of rotatable bonds is 7. The Morgan fingerprint density at radius 3 is 2.14 bits per heavy atom. The molecule has 0 aliphatic rings. The average Bonchev–Trinajstić information content (AvgIpc) is 2.71. The molecule has 0 spiro atoms. The smallest absolute Gasteiger partial charge is 0.339 e. The van der Waals surface area contributed by atoms with Gasteiger partial charge in [-0.25, -0.2) is 4.79 Å². The van der Waals surface area contributed by atoms with Gasteiger partial charge in [0.1, 0.15) is 19.0 Å². The van der Waals surface area contributed by atoms with Crippen molar-refractivity contribution < 1.29 is 19.4 Å². The van der Waals surface area contributed by atoms with Crippen LogP contribution in [0, 0.1) is 13.8 Å². The molecule has 4 nitrogen and oxygen atoms in total. The van der Waals surface area contributed by atoms with Gasteiger partial charge in [-0.2, -0.15) is 0 Å². The molecule has 3 rings (SSSR count). The number of esters is 1. The molecule has 0 aliphatic carbocycles. The van der Waals surface area contributed by atoms with Gasteiger partial charge in [0.15, 0.2) is 0 Å². The summed E-state index contributed by atoms with van der Waals surface area (Å²) in [5.74, 6) is 0.408. The van der Waals surface area contributed by atoms with E-state index < -0.39 is 0 Å². The summed E-state index contributed by atoms with van der Waals surface area (Å²) in [4.78, 5) is 12.6. The molecule has 0 heterocycles. The average molecular weight is 376 g/mol. The summed E-state index contributed by atoms with van der Waals surface area (Å²) in [5.41, 5.74) is 5.41. The highest BCUT2D eigenvalue weighted by Gasteiger charge is 2.15. The molecule has 0 atom stereocenters. The summed E-state index contributed by atoms with van der Waals surface area (Å²) in [5, 5.41) is 8.83. The molecule has 0 aliphatic heterocycles. The van der Waals surface area contributed by atoms with Crippen LogP contribution in [-0.2, 0) is 11.3 Å². The number of benzene rings is 3. The molecule has 0 fully saturated rings. The van der Waals surface area contributed by atoms with Crippen molar-refractivity contribution in [3.8, 4) is 16.9 Å². The van der Waals surface area contributed by atoms with E-state index in [2.05, 4.69) is 0 Å². The van der Waals surface area contributed by atoms with E-state index in [0.717, 1.165) is 27.8 Å². The third-order valence-corrected chi connectivity index (χ3v) is 4.50. The maximum atomic E-state index is 12.6. The highest BCUT2D eigenvalue weighted by molar-refractivity contribution is 5.93. The van der Waals surface area contributed by atoms with Crippen molar-refractivity contribution in [1.82, 2.24) is 0 Å². The second kappa shape index (κ2) is 9.20. The lowest BCUT2D eigenvalue weighted by molar-refractivity contribution is 0.0471. The van der Waals surface area contributed by atoms with Crippen LogP contribution in [0.25, 0.3) is 11.1 Å². The highest BCUT2D eigenvalue weighted by Crippen LogP contribution is 2.27. The lowest BCUT2D eigenvalue weighted by atomic mass is 9.95. The van der Waals surface area contributed by atoms with E-state index in [1.807, 2.05) is 80.6 Å². The molecule has 28 heavy (non-hydrogen) atoms. The van der Waals surface area contributed by atoms with Gasteiger partial charge < -0.3 is 14.6 Å². The molecule has 0 amide bonds. The Morgan fingerprint density at radius 1 is 0.893 bits per heavy atom. The van der Waals surface area contributed by atoms with Crippen molar-refractivity contribution >= 4 is 5.97 Å². The Balaban J connectivity index is 1.75. The largest absolute Gasteiger partial charge is 0.491 e. The van der Waals surface area contributed by atoms with Gasteiger partial charge in [0, 0.05) is 0 Å². The van der Waals surface area contributed by atoms with Crippen molar-refractivity contribution in [2.24, 2.45) is 0 Å². The van der Waals surface area contributed by atoms with Crippen LogP contribution in [0.3, 0.4) is 0 Å². The molecule has 3 aromatic rings. The molecule has 3 aromatic carbocycles.